The van der Waals surface area contributed by atoms with Gasteiger partial charge in [-0.1, -0.05) is 47.6 Å². The van der Waals surface area contributed by atoms with E-state index in [1.807, 2.05) is 30.0 Å². The minimum atomic E-state index is -0.386. The van der Waals surface area contributed by atoms with E-state index in [0.29, 0.717) is 18.9 Å². The lowest BCUT2D eigenvalue weighted by atomic mass is 9.83. The van der Waals surface area contributed by atoms with Crippen LogP contribution < -0.4 is 15.4 Å². The number of fused-ring (bicyclic) bond motifs is 1. The number of amides is 1. The molecule has 2 rings (SSSR count). The van der Waals surface area contributed by atoms with Crippen molar-refractivity contribution in [2.75, 3.05) is 11.4 Å². The van der Waals surface area contributed by atoms with Crippen molar-refractivity contribution < 1.29 is 9.53 Å². The van der Waals surface area contributed by atoms with Crippen LogP contribution in [0, 0.1) is 11.3 Å². The summed E-state index contributed by atoms with van der Waals surface area (Å²) >= 11 is 0. The molecule has 0 saturated heterocycles. The zero-order valence-electron chi connectivity index (χ0n) is 15.2. The molecule has 0 bridgehead atoms. The molecule has 23 heavy (non-hydrogen) atoms. The quantitative estimate of drug-likeness (QED) is 0.916. The van der Waals surface area contributed by atoms with Gasteiger partial charge >= 0.3 is 0 Å². The zero-order valence-corrected chi connectivity index (χ0v) is 15.2. The Morgan fingerprint density at radius 3 is 2.48 bits per heavy atom. The van der Waals surface area contributed by atoms with Crippen molar-refractivity contribution in [3.05, 3.63) is 23.8 Å². The standard InChI is InChI=1S/C19H30N2O2/c1-7-15-18(22)21(11-12(2)3)14-10-13(8-9-16(14)23-15)17(20)19(4,5)6/h8-10,12,15,17H,7,11,20H2,1-6H3. The van der Waals surface area contributed by atoms with E-state index < -0.39 is 0 Å². The number of rotatable bonds is 4. The molecule has 1 aromatic rings. The molecule has 0 radical (unpaired) electrons. The van der Waals surface area contributed by atoms with Crippen molar-refractivity contribution in [1.29, 1.82) is 0 Å². The Balaban J connectivity index is 2.46. The predicted molar refractivity (Wildman–Crippen MR) is 94.7 cm³/mol. The number of carbonyl (C=O) groups is 1. The van der Waals surface area contributed by atoms with Gasteiger partial charge in [0.2, 0.25) is 0 Å². The summed E-state index contributed by atoms with van der Waals surface area (Å²) in [5.41, 5.74) is 8.25. The van der Waals surface area contributed by atoms with E-state index in [9.17, 15) is 4.79 Å². The number of benzene rings is 1. The lowest BCUT2D eigenvalue weighted by molar-refractivity contribution is -0.126. The largest absolute Gasteiger partial charge is 0.478 e. The molecule has 1 aliphatic heterocycles. The number of anilines is 1. The van der Waals surface area contributed by atoms with Crippen molar-refractivity contribution in [2.24, 2.45) is 17.1 Å². The summed E-state index contributed by atoms with van der Waals surface area (Å²) in [6, 6.07) is 5.91. The molecule has 4 heteroatoms. The van der Waals surface area contributed by atoms with Crippen molar-refractivity contribution >= 4 is 11.6 Å². The summed E-state index contributed by atoms with van der Waals surface area (Å²) in [4.78, 5) is 14.6. The molecule has 0 fully saturated rings. The van der Waals surface area contributed by atoms with E-state index in [1.54, 1.807) is 0 Å². The number of hydrogen-bond donors (Lipinski definition) is 1. The van der Waals surface area contributed by atoms with Crippen LogP contribution in [0.15, 0.2) is 18.2 Å². The van der Waals surface area contributed by atoms with Crippen LogP contribution in [-0.2, 0) is 4.79 Å². The fourth-order valence-corrected chi connectivity index (χ4v) is 2.85. The third-order valence-corrected chi connectivity index (χ3v) is 4.30. The third-order valence-electron chi connectivity index (χ3n) is 4.30. The monoisotopic (exact) mass is 318 g/mol. The first-order chi connectivity index (χ1) is 10.6. The van der Waals surface area contributed by atoms with E-state index >= 15 is 0 Å². The molecule has 1 amide bonds. The minimum Gasteiger partial charge on any atom is -0.478 e. The van der Waals surface area contributed by atoms with E-state index in [2.05, 4.69) is 34.6 Å². The highest BCUT2D eigenvalue weighted by Gasteiger charge is 2.34. The summed E-state index contributed by atoms with van der Waals surface area (Å²) in [6.45, 7) is 13.3. The highest BCUT2D eigenvalue weighted by molar-refractivity contribution is 6.00. The van der Waals surface area contributed by atoms with Crippen LogP contribution in [0.4, 0.5) is 5.69 Å². The maximum atomic E-state index is 12.7. The van der Waals surface area contributed by atoms with E-state index in [1.165, 1.54) is 0 Å². The lowest BCUT2D eigenvalue weighted by Gasteiger charge is -2.36. The van der Waals surface area contributed by atoms with E-state index in [4.69, 9.17) is 10.5 Å². The molecule has 0 aromatic heterocycles. The molecule has 1 heterocycles. The maximum Gasteiger partial charge on any atom is 0.268 e. The highest BCUT2D eigenvalue weighted by atomic mass is 16.5. The highest BCUT2D eigenvalue weighted by Crippen LogP contribution is 2.39. The van der Waals surface area contributed by atoms with Crippen LogP contribution in [0.25, 0.3) is 0 Å². The molecule has 0 spiro atoms. The molecule has 4 nitrogen and oxygen atoms in total. The Labute approximate surface area is 140 Å². The summed E-state index contributed by atoms with van der Waals surface area (Å²) in [6.07, 6.45) is 0.291. The van der Waals surface area contributed by atoms with Gasteiger partial charge in [0.15, 0.2) is 6.10 Å². The molecule has 1 aromatic carbocycles. The SMILES string of the molecule is CCC1Oc2ccc(C(N)C(C)(C)C)cc2N(CC(C)C)C1=O. The summed E-state index contributed by atoms with van der Waals surface area (Å²) in [5.74, 6) is 1.22. The number of ether oxygens (including phenoxy) is 1. The van der Waals surface area contributed by atoms with Crippen LogP contribution >= 0.6 is 0 Å². The topological polar surface area (TPSA) is 55.6 Å². The Kier molecular flexibility index (Phi) is 5.04. The van der Waals surface area contributed by atoms with Crippen LogP contribution in [0.3, 0.4) is 0 Å². The second-order valence-electron chi connectivity index (χ2n) is 7.93. The first kappa shape index (κ1) is 17.8. The molecule has 2 N–H and O–H groups in total. The van der Waals surface area contributed by atoms with Gasteiger partial charge in [-0.2, -0.15) is 0 Å². The van der Waals surface area contributed by atoms with Crippen molar-refractivity contribution in [3.8, 4) is 5.75 Å². The van der Waals surface area contributed by atoms with Gasteiger partial charge in [0.05, 0.1) is 5.69 Å². The maximum absolute atomic E-state index is 12.7. The van der Waals surface area contributed by atoms with E-state index in [-0.39, 0.29) is 23.5 Å². The van der Waals surface area contributed by atoms with Gasteiger partial charge in [0.1, 0.15) is 5.75 Å². The third kappa shape index (κ3) is 3.69. The summed E-state index contributed by atoms with van der Waals surface area (Å²) < 4.78 is 5.89. The van der Waals surface area contributed by atoms with Gasteiger partial charge in [-0.05, 0) is 35.4 Å². The van der Waals surface area contributed by atoms with Crippen molar-refractivity contribution in [1.82, 2.24) is 0 Å². The Morgan fingerprint density at radius 1 is 1.30 bits per heavy atom. The van der Waals surface area contributed by atoms with Gasteiger partial charge in [-0.3, -0.25) is 4.79 Å². The number of hydrogen-bond acceptors (Lipinski definition) is 3. The minimum absolute atomic E-state index is 0.0391. The number of nitrogens with zero attached hydrogens (tertiary/aromatic N) is 1. The van der Waals surface area contributed by atoms with Crippen molar-refractivity contribution in [2.45, 2.75) is 60.1 Å². The summed E-state index contributed by atoms with van der Waals surface area (Å²) in [7, 11) is 0. The van der Waals surface area contributed by atoms with Crippen LogP contribution in [-0.4, -0.2) is 18.6 Å². The average Bonchev–Trinajstić information content (AvgIpc) is 2.47. The molecular weight excluding hydrogens is 288 g/mol. The van der Waals surface area contributed by atoms with Gasteiger partial charge in [0.25, 0.3) is 5.91 Å². The van der Waals surface area contributed by atoms with Gasteiger partial charge < -0.3 is 15.4 Å². The van der Waals surface area contributed by atoms with Crippen LogP contribution in [0.5, 0.6) is 5.75 Å². The molecule has 0 aliphatic carbocycles. The smallest absolute Gasteiger partial charge is 0.268 e. The van der Waals surface area contributed by atoms with Gasteiger partial charge in [-0.15, -0.1) is 0 Å². The van der Waals surface area contributed by atoms with Gasteiger partial charge in [-0.25, -0.2) is 0 Å². The fraction of sp³-hybridized carbons (Fsp3) is 0.632. The van der Waals surface area contributed by atoms with Crippen molar-refractivity contribution in [3.63, 3.8) is 0 Å². The van der Waals surface area contributed by atoms with Crippen LogP contribution in [0.1, 0.15) is 59.6 Å². The molecule has 0 saturated carbocycles. The van der Waals surface area contributed by atoms with Crippen LogP contribution in [0.2, 0.25) is 0 Å². The Hall–Kier alpha value is -1.55. The molecule has 2 unspecified atom stereocenters. The zero-order chi connectivity index (χ0) is 17.4. The normalized spacial score (nSPS) is 19.6. The number of carbonyl (C=O) groups excluding carboxylic acids is 1. The Morgan fingerprint density at radius 2 is 1.96 bits per heavy atom. The molecular formula is C19H30N2O2. The molecule has 1 aliphatic rings. The second-order valence-corrected chi connectivity index (χ2v) is 7.93. The molecule has 128 valence electrons. The molecule has 2 atom stereocenters. The lowest BCUT2D eigenvalue weighted by Crippen LogP contribution is -2.47. The Bertz CT molecular complexity index is 575. The number of nitrogens with two attached hydrogens (primary N) is 1. The summed E-state index contributed by atoms with van der Waals surface area (Å²) in [5, 5.41) is 0. The second kappa shape index (κ2) is 6.52. The fourth-order valence-electron chi connectivity index (χ4n) is 2.85. The van der Waals surface area contributed by atoms with Gasteiger partial charge in [0, 0.05) is 12.6 Å². The first-order valence-corrected chi connectivity index (χ1v) is 8.52. The van der Waals surface area contributed by atoms with E-state index in [0.717, 1.165) is 17.0 Å². The predicted octanol–water partition coefficient (Wildman–Crippen LogP) is 3.89. The average molecular weight is 318 g/mol. The first-order valence-electron chi connectivity index (χ1n) is 8.52.